The van der Waals surface area contributed by atoms with E-state index in [2.05, 4.69) is 22.2 Å². The Hall–Kier alpha value is -2.92. The number of aryl methyl sites for hydroxylation is 1. The summed E-state index contributed by atoms with van der Waals surface area (Å²) < 4.78 is 1.78. The first-order valence-corrected chi connectivity index (χ1v) is 8.87. The number of aromatic nitrogens is 4. The van der Waals surface area contributed by atoms with Crippen molar-refractivity contribution in [1.29, 1.82) is 0 Å². The van der Waals surface area contributed by atoms with Crippen molar-refractivity contribution in [2.45, 2.75) is 20.3 Å². The average molecular weight is 364 g/mol. The zero-order valence-electron chi connectivity index (χ0n) is 14.6. The van der Waals surface area contributed by atoms with Gasteiger partial charge in [0.25, 0.3) is 5.78 Å². The molecule has 5 nitrogen and oxygen atoms in total. The van der Waals surface area contributed by atoms with Crippen LogP contribution < -0.4 is 5.32 Å². The summed E-state index contributed by atoms with van der Waals surface area (Å²) in [7, 11) is 0. The molecule has 0 atom stereocenters. The molecular formula is C20H18ClN5. The lowest BCUT2D eigenvalue weighted by molar-refractivity contribution is 0.905. The Labute approximate surface area is 156 Å². The lowest BCUT2D eigenvalue weighted by Gasteiger charge is -2.14. The van der Waals surface area contributed by atoms with E-state index in [0.717, 1.165) is 34.7 Å². The van der Waals surface area contributed by atoms with Crippen LogP contribution >= 0.6 is 11.6 Å². The van der Waals surface area contributed by atoms with Crippen LogP contribution in [-0.2, 0) is 6.42 Å². The molecule has 0 aliphatic carbocycles. The molecule has 2 heterocycles. The molecule has 4 aromatic rings. The molecule has 0 saturated heterocycles. The molecule has 1 N–H and O–H groups in total. The van der Waals surface area contributed by atoms with Gasteiger partial charge in [0.1, 0.15) is 5.82 Å². The number of hydrogen-bond acceptors (Lipinski definition) is 4. The molecule has 0 aliphatic rings. The largest absolute Gasteiger partial charge is 0.340 e. The molecule has 0 unspecified atom stereocenters. The van der Waals surface area contributed by atoms with Crippen molar-refractivity contribution in [3.63, 3.8) is 0 Å². The smallest absolute Gasteiger partial charge is 0.254 e. The SMILES string of the molecule is CCc1c(C)nc2nc(-c3ccccc3)nn2c1Nc1ccc(Cl)cc1. The van der Waals surface area contributed by atoms with Crippen LogP contribution in [0, 0.1) is 6.92 Å². The quantitative estimate of drug-likeness (QED) is 0.550. The molecular weight excluding hydrogens is 346 g/mol. The fourth-order valence-electron chi connectivity index (χ4n) is 2.97. The summed E-state index contributed by atoms with van der Waals surface area (Å²) in [6.07, 6.45) is 0.839. The average Bonchev–Trinajstić information content (AvgIpc) is 3.08. The van der Waals surface area contributed by atoms with Crippen molar-refractivity contribution in [1.82, 2.24) is 19.6 Å². The first-order chi connectivity index (χ1) is 12.7. The molecule has 0 saturated carbocycles. The van der Waals surface area contributed by atoms with Crippen LogP contribution in [0.5, 0.6) is 0 Å². The molecule has 130 valence electrons. The van der Waals surface area contributed by atoms with E-state index >= 15 is 0 Å². The third-order valence-corrected chi connectivity index (χ3v) is 4.54. The highest BCUT2D eigenvalue weighted by Crippen LogP contribution is 2.26. The van der Waals surface area contributed by atoms with Crippen LogP contribution in [0.25, 0.3) is 17.2 Å². The zero-order chi connectivity index (χ0) is 18.1. The van der Waals surface area contributed by atoms with E-state index in [1.807, 2.05) is 61.5 Å². The molecule has 26 heavy (non-hydrogen) atoms. The number of nitrogens with one attached hydrogen (secondary N) is 1. The number of rotatable bonds is 4. The second kappa shape index (κ2) is 6.77. The van der Waals surface area contributed by atoms with Gasteiger partial charge in [0, 0.05) is 27.5 Å². The maximum atomic E-state index is 6.00. The first-order valence-electron chi connectivity index (χ1n) is 8.50. The van der Waals surface area contributed by atoms with Crippen LogP contribution in [-0.4, -0.2) is 19.6 Å². The van der Waals surface area contributed by atoms with E-state index in [1.54, 1.807) is 4.52 Å². The van der Waals surface area contributed by atoms with Crippen molar-refractivity contribution >= 4 is 28.9 Å². The molecule has 6 heteroatoms. The molecule has 0 spiro atoms. The lowest BCUT2D eigenvalue weighted by Crippen LogP contribution is -2.08. The molecule has 0 bridgehead atoms. The number of anilines is 2. The number of nitrogens with zero attached hydrogens (tertiary/aromatic N) is 4. The highest BCUT2D eigenvalue weighted by atomic mass is 35.5. The summed E-state index contributed by atoms with van der Waals surface area (Å²) in [4.78, 5) is 9.25. The molecule has 0 fully saturated rings. The molecule has 4 rings (SSSR count). The van der Waals surface area contributed by atoms with Crippen LogP contribution in [0.2, 0.25) is 5.02 Å². The lowest BCUT2D eigenvalue weighted by atomic mass is 10.1. The van der Waals surface area contributed by atoms with E-state index in [1.165, 1.54) is 0 Å². The summed E-state index contributed by atoms with van der Waals surface area (Å²) in [5.41, 5.74) is 3.96. The summed E-state index contributed by atoms with van der Waals surface area (Å²) in [5, 5.41) is 8.87. The number of benzene rings is 2. The summed E-state index contributed by atoms with van der Waals surface area (Å²) in [5.74, 6) is 2.12. The topological polar surface area (TPSA) is 55.1 Å². The van der Waals surface area contributed by atoms with Gasteiger partial charge in [-0.05, 0) is 37.6 Å². The van der Waals surface area contributed by atoms with Crippen molar-refractivity contribution in [3.8, 4) is 11.4 Å². The molecule has 2 aromatic heterocycles. The monoisotopic (exact) mass is 363 g/mol. The maximum Gasteiger partial charge on any atom is 0.254 e. The fraction of sp³-hybridized carbons (Fsp3) is 0.150. The van der Waals surface area contributed by atoms with Gasteiger partial charge < -0.3 is 5.32 Å². The second-order valence-corrected chi connectivity index (χ2v) is 6.46. The predicted molar refractivity (Wildman–Crippen MR) is 105 cm³/mol. The highest BCUT2D eigenvalue weighted by Gasteiger charge is 2.16. The summed E-state index contributed by atoms with van der Waals surface area (Å²) in [6.45, 7) is 4.11. The van der Waals surface area contributed by atoms with Crippen LogP contribution in [0.4, 0.5) is 11.5 Å². The molecule has 0 radical (unpaired) electrons. The van der Waals surface area contributed by atoms with Crippen LogP contribution in [0.1, 0.15) is 18.2 Å². The van der Waals surface area contributed by atoms with Crippen LogP contribution in [0.15, 0.2) is 54.6 Å². The number of fused-ring (bicyclic) bond motifs is 1. The zero-order valence-corrected chi connectivity index (χ0v) is 15.3. The molecule has 0 amide bonds. The van der Waals surface area contributed by atoms with Gasteiger partial charge in [-0.2, -0.15) is 9.50 Å². The van der Waals surface area contributed by atoms with E-state index in [-0.39, 0.29) is 0 Å². The second-order valence-electron chi connectivity index (χ2n) is 6.02. The predicted octanol–water partition coefficient (Wildman–Crippen LogP) is 5.06. The van der Waals surface area contributed by atoms with Gasteiger partial charge >= 0.3 is 0 Å². The van der Waals surface area contributed by atoms with E-state index in [9.17, 15) is 0 Å². The first kappa shape index (κ1) is 16.5. The number of hydrogen-bond donors (Lipinski definition) is 1. The van der Waals surface area contributed by atoms with E-state index in [4.69, 9.17) is 16.7 Å². The summed E-state index contributed by atoms with van der Waals surface area (Å²) >= 11 is 6.00. The van der Waals surface area contributed by atoms with Gasteiger partial charge in [-0.1, -0.05) is 48.9 Å². The minimum absolute atomic E-state index is 0.579. The fourth-order valence-corrected chi connectivity index (χ4v) is 3.10. The van der Waals surface area contributed by atoms with Crippen molar-refractivity contribution in [2.75, 3.05) is 5.32 Å². The maximum absolute atomic E-state index is 6.00. The third kappa shape index (κ3) is 3.02. The van der Waals surface area contributed by atoms with Gasteiger partial charge in [-0.3, -0.25) is 0 Å². The Morgan fingerprint density at radius 3 is 2.42 bits per heavy atom. The van der Waals surface area contributed by atoms with Gasteiger partial charge in [-0.15, -0.1) is 5.10 Å². The van der Waals surface area contributed by atoms with Gasteiger partial charge in [0.05, 0.1) is 0 Å². The van der Waals surface area contributed by atoms with Crippen LogP contribution in [0.3, 0.4) is 0 Å². The summed E-state index contributed by atoms with van der Waals surface area (Å²) in [6, 6.07) is 17.5. The Morgan fingerprint density at radius 1 is 1.00 bits per heavy atom. The standard InChI is InChI=1S/C20H18ClN5/c1-3-17-13(2)22-20-24-18(14-7-5-4-6-8-14)25-26(20)19(17)23-16-11-9-15(21)10-12-16/h4-12,23H,3H2,1-2H3. The van der Waals surface area contributed by atoms with Gasteiger partial charge in [0.15, 0.2) is 5.82 Å². The van der Waals surface area contributed by atoms with Crippen molar-refractivity contribution < 1.29 is 0 Å². The molecule has 2 aromatic carbocycles. The van der Waals surface area contributed by atoms with Crippen molar-refractivity contribution in [3.05, 3.63) is 70.9 Å². The third-order valence-electron chi connectivity index (χ3n) is 4.28. The minimum Gasteiger partial charge on any atom is -0.340 e. The van der Waals surface area contributed by atoms with Crippen molar-refractivity contribution in [2.24, 2.45) is 0 Å². The number of halogens is 1. The minimum atomic E-state index is 0.579. The van der Waals surface area contributed by atoms with E-state index < -0.39 is 0 Å². The Kier molecular flexibility index (Phi) is 4.31. The van der Waals surface area contributed by atoms with Gasteiger partial charge in [-0.25, -0.2) is 4.98 Å². The molecule has 0 aliphatic heterocycles. The normalized spacial score (nSPS) is 11.0. The van der Waals surface area contributed by atoms with E-state index in [0.29, 0.717) is 16.6 Å². The van der Waals surface area contributed by atoms with Gasteiger partial charge in [0.2, 0.25) is 0 Å². The Morgan fingerprint density at radius 2 is 1.73 bits per heavy atom. The highest BCUT2D eigenvalue weighted by molar-refractivity contribution is 6.30. The Bertz CT molecular complexity index is 1060. The Balaban J connectivity index is 1.88.